The van der Waals surface area contributed by atoms with Crippen molar-refractivity contribution in [2.24, 2.45) is 16.7 Å². The van der Waals surface area contributed by atoms with Gasteiger partial charge in [0.2, 0.25) is 5.91 Å². The molecular formula is C15H28N2O. The second-order valence-corrected chi connectivity index (χ2v) is 7.28. The van der Waals surface area contributed by atoms with Gasteiger partial charge in [0.1, 0.15) is 0 Å². The molecule has 0 aromatic heterocycles. The predicted molar refractivity (Wildman–Crippen MR) is 74.3 cm³/mol. The van der Waals surface area contributed by atoms with Crippen LogP contribution >= 0.6 is 0 Å². The first-order valence-electron chi connectivity index (χ1n) is 7.21. The third-order valence-electron chi connectivity index (χ3n) is 5.92. The van der Waals surface area contributed by atoms with Crippen molar-refractivity contribution < 1.29 is 4.79 Å². The van der Waals surface area contributed by atoms with Gasteiger partial charge < -0.3 is 10.2 Å². The van der Waals surface area contributed by atoms with Crippen LogP contribution in [0.25, 0.3) is 0 Å². The molecule has 3 nitrogen and oxygen atoms in total. The zero-order valence-electron chi connectivity index (χ0n) is 12.5. The molecule has 1 N–H and O–H groups in total. The minimum Gasteiger partial charge on any atom is -0.353 e. The minimum atomic E-state index is 0.221. The van der Waals surface area contributed by atoms with Crippen molar-refractivity contribution in [3.05, 3.63) is 0 Å². The van der Waals surface area contributed by atoms with Gasteiger partial charge in [-0.3, -0.25) is 4.79 Å². The Hall–Kier alpha value is -0.570. The van der Waals surface area contributed by atoms with Crippen LogP contribution < -0.4 is 5.32 Å². The van der Waals surface area contributed by atoms with Crippen LogP contribution in [0.15, 0.2) is 0 Å². The van der Waals surface area contributed by atoms with Gasteiger partial charge >= 0.3 is 0 Å². The maximum atomic E-state index is 12.0. The van der Waals surface area contributed by atoms with Gasteiger partial charge in [-0.15, -0.1) is 0 Å². The second kappa shape index (κ2) is 4.52. The van der Waals surface area contributed by atoms with Gasteiger partial charge in [0.25, 0.3) is 0 Å². The molecule has 2 rings (SSSR count). The normalized spacial score (nSPS) is 37.2. The van der Waals surface area contributed by atoms with E-state index < -0.39 is 0 Å². The van der Waals surface area contributed by atoms with E-state index in [-0.39, 0.29) is 5.91 Å². The molecular weight excluding hydrogens is 224 g/mol. The number of nitrogens with zero attached hydrogens (tertiary/aromatic N) is 1. The maximum Gasteiger partial charge on any atom is 0.221 e. The van der Waals surface area contributed by atoms with E-state index in [9.17, 15) is 4.79 Å². The molecule has 2 fully saturated rings. The average molecular weight is 252 g/mol. The summed E-state index contributed by atoms with van der Waals surface area (Å²) in [5.41, 5.74) is 0.679. The lowest BCUT2D eigenvalue weighted by Crippen LogP contribution is -2.47. The number of nitrogens with one attached hydrogen (secondary N) is 1. The van der Waals surface area contributed by atoms with Gasteiger partial charge in [0, 0.05) is 19.0 Å². The van der Waals surface area contributed by atoms with E-state index in [4.69, 9.17) is 0 Å². The van der Waals surface area contributed by atoms with E-state index in [2.05, 4.69) is 31.0 Å². The van der Waals surface area contributed by atoms with Gasteiger partial charge in [-0.2, -0.15) is 0 Å². The van der Waals surface area contributed by atoms with Crippen molar-refractivity contribution >= 4 is 5.91 Å². The number of amides is 1. The summed E-state index contributed by atoms with van der Waals surface area (Å²) >= 11 is 0. The fraction of sp³-hybridized carbons (Fsp3) is 0.933. The smallest absolute Gasteiger partial charge is 0.221 e. The summed E-state index contributed by atoms with van der Waals surface area (Å²) in [6.45, 7) is 7.98. The Labute approximate surface area is 111 Å². The highest BCUT2D eigenvalue weighted by Gasteiger charge is 2.61. The van der Waals surface area contributed by atoms with E-state index in [1.807, 2.05) is 14.1 Å². The van der Waals surface area contributed by atoms with Crippen molar-refractivity contribution in [1.82, 2.24) is 10.2 Å². The van der Waals surface area contributed by atoms with Crippen LogP contribution in [0.4, 0.5) is 0 Å². The van der Waals surface area contributed by atoms with E-state index in [1.54, 1.807) is 0 Å². The molecule has 0 radical (unpaired) electrons. The summed E-state index contributed by atoms with van der Waals surface area (Å²) in [6.07, 6.45) is 4.40. The third-order valence-corrected chi connectivity index (χ3v) is 5.92. The standard InChI is InChI=1S/C15H28N2O/c1-14(2)11-6-8-15(14,3)12(10-11)16-13(18)7-9-17(4)5/h11-12H,6-10H2,1-5H3,(H,16,18)/t11-,12+,15-/m0/s1. The number of rotatable bonds is 4. The highest BCUT2D eigenvalue weighted by molar-refractivity contribution is 5.76. The Morgan fingerprint density at radius 2 is 2.00 bits per heavy atom. The molecule has 0 saturated heterocycles. The Balaban J connectivity index is 1.94. The number of hydrogen-bond acceptors (Lipinski definition) is 2. The Morgan fingerprint density at radius 1 is 1.33 bits per heavy atom. The Bertz CT molecular complexity index is 337. The summed E-state index contributed by atoms with van der Waals surface area (Å²) < 4.78 is 0. The molecule has 3 atom stereocenters. The molecule has 104 valence electrons. The molecule has 2 saturated carbocycles. The number of carbonyl (C=O) groups is 1. The summed E-state index contributed by atoms with van der Waals surface area (Å²) in [5, 5.41) is 3.30. The van der Waals surface area contributed by atoms with Crippen molar-refractivity contribution in [2.75, 3.05) is 20.6 Å². The first kappa shape index (κ1) is 13.9. The third kappa shape index (κ3) is 2.07. The second-order valence-electron chi connectivity index (χ2n) is 7.28. The van der Waals surface area contributed by atoms with Crippen molar-refractivity contribution in [3.63, 3.8) is 0 Å². The molecule has 3 heteroatoms. The van der Waals surface area contributed by atoms with Crippen LogP contribution in [0.3, 0.4) is 0 Å². The van der Waals surface area contributed by atoms with Crippen LogP contribution in [-0.4, -0.2) is 37.5 Å². The molecule has 0 spiro atoms. The van der Waals surface area contributed by atoms with Crippen molar-refractivity contribution in [3.8, 4) is 0 Å². The monoisotopic (exact) mass is 252 g/mol. The quantitative estimate of drug-likeness (QED) is 0.832. The zero-order valence-corrected chi connectivity index (χ0v) is 12.5. The topological polar surface area (TPSA) is 32.3 Å². The van der Waals surface area contributed by atoms with Gasteiger partial charge in [0.05, 0.1) is 0 Å². The molecule has 0 aliphatic heterocycles. The fourth-order valence-electron chi connectivity index (χ4n) is 4.01. The van der Waals surface area contributed by atoms with Gasteiger partial charge in [-0.25, -0.2) is 0 Å². The first-order valence-corrected chi connectivity index (χ1v) is 7.21. The van der Waals surface area contributed by atoms with Crippen molar-refractivity contribution in [1.29, 1.82) is 0 Å². The Morgan fingerprint density at radius 3 is 2.44 bits per heavy atom. The van der Waals surface area contributed by atoms with E-state index in [0.29, 0.717) is 23.3 Å². The van der Waals surface area contributed by atoms with Gasteiger partial charge in [0.15, 0.2) is 0 Å². The lowest BCUT2D eigenvalue weighted by atomic mass is 9.69. The molecule has 18 heavy (non-hydrogen) atoms. The fourth-order valence-corrected chi connectivity index (χ4v) is 4.01. The highest BCUT2D eigenvalue weighted by atomic mass is 16.1. The van der Waals surface area contributed by atoms with E-state index >= 15 is 0 Å². The largest absolute Gasteiger partial charge is 0.353 e. The summed E-state index contributed by atoms with van der Waals surface area (Å²) in [7, 11) is 4.02. The highest BCUT2D eigenvalue weighted by Crippen LogP contribution is 2.65. The minimum absolute atomic E-state index is 0.221. The molecule has 1 amide bonds. The molecule has 0 heterocycles. The lowest BCUT2D eigenvalue weighted by molar-refractivity contribution is -0.123. The van der Waals surface area contributed by atoms with Crippen molar-refractivity contribution in [2.45, 2.75) is 52.5 Å². The van der Waals surface area contributed by atoms with E-state index in [1.165, 1.54) is 19.3 Å². The van der Waals surface area contributed by atoms with Gasteiger partial charge in [-0.05, 0) is 50.1 Å². The van der Waals surface area contributed by atoms with Crippen LogP contribution in [0, 0.1) is 16.7 Å². The molecule has 2 bridgehead atoms. The number of fused-ring (bicyclic) bond motifs is 2. The van der Waals surface area contributed by atoms with Gasteiger partial charge in [-0.1, -0.05) is 20.8 Å². The Kier molecular flexibility index (Phi) is 3.48. The van der Waals surface area contributed by atoms with Crippen LogP contribution in [-0.2, 0) is 4.79 Å². The predicted octanol–water partition coefficient (Wildman–Crippen LogP) is 2.27. The van der Waals surface area contributed by atoms with E-state index in [0.717, 1.165) is 12.5 Å². The molecule has 0 aromatic carbocycles. The molecule has 2 aliphatic carbocycles. The number of hydrogen-bond donors (Lipinski definition) is 1. The average Bonchev–Trinajstić information content (AvgIpc) is 2.59. The van der Waals surface area contributed by atoms with Crippen LogP contribution in [0.5, 0.6) is 0 Å². The SMILES string of the molecule is CN(C)CCC(=O)N[C@@H]1C[C@@H]2CC[C@]1(C)C2(C)C. The molecule has 2 aliphatic rings. The maximum absolute atomic E-state index is 12.0. The van der Waals surface area contributed by atoms with Crippen LogP contribution in [0.1, 0.15) is 46.5 Å². The molecule has 0 aromatic rings. The summed E-state index contributed by atoms with van der Waals surface area (Å²) in [4.78, 5) is 14.1. The first-order chi connectivity index (χ1) is 8.27. The zero-order chi connectivity index (χ0) is 13.6. The summed E-state index contributed by atoms with van der Waals surface area (Å²) in [5.74, 6) is 1.01. The molecule has 0 unspecified atom stereocenters. The number of carbonyl (C=O) groups excluding carboxylic acids is 1. The van der Waals surface area contributed by atoms with Crippen LogP contribution in [0.2, 0.25) is 0 Å². The lowest BCUT2D eigenvalue weighted by Gasteiger charge is -2.39. The summed E-state index contributed by atoms with van der Waals surface area (Å²) in [6, 6.07) is 0.390.